The summed E-state index contributed by atoms with van der Waals surface area (Å²) < 4.78 is 42.3. The summed E-state index contributed by atoms with van der Waals surface area (Å²) in [6.07, 6.45) is 4.08. The zero-order valence-corrected chi connectivity index (χ0v) is 15.7. The van der Waals surface area contributed by atoms with Gasteiger partial charge in [0.05, 0.1) is 11.5 Å². The number of nitrogen functional groups attached to an aromatic ring is 1. The number of anilines is 1. The number of nitrogens with one attached hydrogen (secondary N) is 1. The molecule has 3 aromatic rings. The molecule has 0 radical (unpaired) electrons. The summed E-state index contributed by atoms with van der Waals surface area (Å²) >= 11 is 0. The lowest BCUT2D eigenvalue weighted by Crippen LogP contribution is -2.35. The fourth-order valence-electron chi connectivity index (χ4n) is 2.56. The van der Waals surface area contributed by atoms with E-state index in [2.05, 4.69) is 19.7 Å². The number of nitrogens with zero attached hydrogens (tertiary/aromatic N) is 3. The van der Waals surface area contributed by atoms with Crippen LogP contribution in [0.5, 0.6) is 0 Å². The first kappa shape index (κ1) is 19.8. The summed E-state index contributed by atoms with van der Waals surface area (Å²) in [5, 5.41) is 9.12. The van der Waals surface area contributed by atoms with Crippen LogP contribution in [0.1, 0.15) is 6.92 Å². The molecule has 2 heterocycles. The third-order valence-electron chi connectivity index (χ3n) is 3.90. The average Bonchev–Trinajstić information content (AvgIpc) is 2.68. The Hall–Kier alpha value is -2.95. The number of benzene rings is 1. The maximum atomic E-state index is 14.7. The van der Waals surface area contributed by atoms with Gasteiger partial charge < -0.3 is 10.8 Å². The van der Waals surface area contributed by atoms with Crippen LogP contribution in [0.25, 0.3) is 22.4 Å². The molecular formula is C18H18FN5O3S. The van der Waals surface area contributed by atoms with Gasteiger partial charge in [0.2, 0.25) is 16.0 Å². The van der Waals surface area contributed by atoms with Gasteiger partial charge in [-0.1, -0.05) is 18.2 Å². The van der Waals surface area contributed by atoms with E-state index in [1.807, 2.05) is 0 Å². The van der Waals surface area contributed by atoms with Crippen LogP contribution in [-0.4, -0.2) is 41.1 Å². The zero-order valence-electron chi connectivity index (χ0n) is 14.9. The maximum Gasteiger partial charge on any atom is 0.241 e. The number of aliphatic hydroxyl groups is 1. The summed E-state index contributed by atoms with van der Waals surface area (Å²) in [5.74, 6) is -0.598. The molecule has 0 aliphatic carbocycles. The molecule has 0 amide bonds. The first-order valence-corrected chi connectivity index (χ1v) is 9.76. The van der Waals surface area contributed by atoms with Gasteiger partial charge in [0, 0.05) is 41.3 Å². The first-order chi connectivity index (χ1) is 13.3. The lowest BCUT2D eigenvalue weighted by Gasteiger charge is -2.15. The van der Waals surface area contributed by atoms with Crippen LogP contribution in [0, 0.1) is 5.82 Å². The largest absolute Gasteiger partial charge is 0.395 e. The monoisotopic (exact) mass is 403 g/mol. The minimum absolute atomic E-state index is 0.0242. The SMILES string of the molecule is C[C@H](CO)NS(=O)(=O)c1ccccc1-c1cnc(-c2cnc(N)nc2)c(F)c1. The molecule has 10 heteroatoms. The molecule has 0 aliphatic rings. The molecule has 3 rings (SSSR count). The molecule has 28 heavy (non-hydrogen) atoms. The number of aliphatic hydroxyl groups excluding tert-OH is 1. The second-order valence-corrected chi connectivity index (χ2v) is 7.77. The van der Waals surface area contributed by atoms with E-state index in [4.69, 9.17) is 10.8 Å². The molecule has 0 saturated heterocycles. The Labute approximate surface area is 161 Å². The van der Waals surface area contributed by atoms with Crippen molar-refractivity contribution in [2.24, 2.45) is 0 Å². The molecule has 0 unspecified atom stereocenters. The van der Waals surface area contributed by atoms with Crippen molar-refractivity contribution in [3.63, 3.8) is 0 Å². The highest BCUT2D eigenvalue weighted by Crippen LogP contribution is 2.30. The van der Waals surface area contributed by atoms with E-state index >= 15 is 0 Å². The lowest BCUT2D eigenvalue weighted by molar-refractivity contribution is 0.265. The number of hydrogen-bond donors (Lipinski definition) is 3. The van der Waals surface area contributed by atoms with Crippen molar-refractivity contribution in [3.05, 3.63) is 54.7 Å². The predicted molar refractivity (Wildman–Crippen MR) is 102 cm³/mol. The minimum Gasteiger partial charge on any atom is -0.395 e. The van der Waals surface area contributed by atoms with Gasteiger partial charge >= 0.3 is 0 Å². The van der Waals surface area contributed by atoms with E-state index in [0.717, 1.165) is 0 Å². The Morgan fingerprint density at radius 1 is 1.14 bits per heavy atom. The molecule has 2 aromatic heterocycles. The molecular weight excluding hydrogens is 385 g/mol. The van der Waals surface area contributed by atoms with Gasteiger partial charge in [-0.15, -0.1) is 0 Å². The summed E-state index contributed by atoms with van der Waals surface area (Å²) in [5.41, 5.74) is 6.37. The highest BCUT2D eigenvalue weighted by molar-refractivity contribution is 7.89. The molecule has 0 aliphatic heterocycles. The second-order valence-electron chi connectivity index (χ2n) is 6.09. The summed E-state index contributed by atoms with van der Waals surface area (Å²) in [6, 6.07) is 6.69. The smallest absolute Gasteiger partial charge is 0.241 e. The molecule has 4 N–H and O–H groups in total. The molecule has 1 atom stereocenters. The fourth-order valence-corrected chi connectivity index (χ4v) is 4.03. The van der Waals surface area contributed by atoms with Crippen LogP contribution < -0.4 is 10.5 Å². The standard InChI is InChI=1S/C18H18FN5O3S/c1-11(10-25)24-28(26,27)16-5-3-2-4-14(16)12-6-15(19)17(21-7-12)13-8-22-18(20)23-9-13/h2-9,11,24-25H,10H2,1H3,(H2,20,22,23)/t11-/m1/s1. The number of hydrogen-bond acceptors (Lipinski definition) is 7. The van der Waals surface area contributed by atoms with E-state index in [1.54, 1.807) is 18.2 Å². The highest BCUT2D eigenvalue weighted by Gasteiger charge is 2.22. The van der Waals surface area contributed by atoms with Crippen molar-refractivity contribution < 1.29 is 17.9 Å². The van der Waals surface area contributed by atoms with Gasteiger partial charge in [0.25, 0.3) is 0 Å². The van der Waals surface area contributed by atoms with E-state index in [-0.39, 0.29) is 34.3 Å². The minimum atomic E-state index is -3.92. The average molecular weight is 403 g/mol. The van der Waals surface area contributed by atoms with Crippen LogP contribution in [0.15, 0.2) is 53.8 Å². The van der Waals surface area contributed by atoms with Crippen LogP contribution in [-0.2, 0) is 10.0 Å². The Kier molecular flexibility index (Phi) is 5.63. The molecule has 8 nitrogen and oxygen atoms in total. The van der Waals surface area contributed by atoms with Crippen molar-refractivity contribution >= 4 is 16.0 Å². The Balaban J connectivity index is 2.03. The molecule has 1 aromatic carbocycles. The second kappa shape index (κ2) is 7.97. The molecule has 146 valence electrons. The van der Waals surface area contributed by atoms with Crippen LogP contribution >= 0.6 is 0 Å². The zero-order chi connectivity index (χ0) is 20.3. The van der Waals surface area contributed by atoms with E-state index in [9.17, 15) is 12.8 Å². The number of aromatic nitrogens is 3. The lowest BCUT2D eigenvalue weighted by atomic mass is 10.1. The topological polar surface area (TPSA) is 131 Å². The number of nitrogens with two attached hydrogens (primary N) is 1. The van der Waals surface area contributed by atoms with Crippen molar-refractivity contribution in [1.82, 2.24) is 19.7 Å². The van der Waals surface area contributed by atoms with E-state index in [1.165, 1.54) is 37.6 Å². The van der Waals surface area contributed by atoms with Gasteiger partial charge in [0.15, 0.2) is 0 Å². The Morgan fingerprint density at radius 2 is 1.79 bits per heavy atom. The fraction of sp³-hybridized carbons (Fsp3) is 0.167. The summed E-state index contributed by atoms with van der Waals surface area (Å²) in [6.45, 7) is 1.18. The van der Waals surface area contributed by atoms with Crippen molar-refractivity contribution in [3.8, 4) is 22.4 Å². The number of sulfonamides is 1. The van der Waals surface area contributed by atoms with Crippen LogP contribution in [0.3, 0.4) is 0 Å². The van der Waals surface area contributed by atoms with Gasteiger partial charge in [0.1, 0.15) is 11.5 Å². The van der Waals surface area contributed by atoms with Crippen molar-refractivity contribution in [2.45, 2.75) is 17.9 Å². The molecule has 0 saturated carbocycles. The van der Waals surface area contributed by atoms with Crippen LogP contribution in [0.4, 0.5) is 10.3 Å². The normalized spacial score (nSPS) is 12.7. The van der Waals surface area contributed by atoms with Crippen molar-refractivity contribution in [2.75, 3.05) is 12.3 Å². The number of halogens is 1. The molecule has 0 fully saturated rings. The van der Waals surface area contributed by atoms with Crippen molar-refractivity contribution in [1.29, 1.82) is 0 Å². The maximum absolute atomic E-state index is 14.7. The molecule has 0 spiro atoms. The van der Waals surface area contributed by atoms with Crippen LogP contribution in [0.2, 0.25) is 0 Å². The van der Waals surface area contributed by atoms with E-state index in [0.29, 0.717) is 5.56 Å². The number of rotatable bonds is 6. The quantitative estimate of drug-likeness (QED) is 0.569. The number of pyridine rings is 1. The third-order valence-corrected chi connectivity index (χ3v) is 5.55. The highest BCUT2D eigenvalue weighted by atomic mass is 32.2. The van der Waals surface area contributed by atoms with Gasteiger partial charge in [-0.3, -0.25) is 4.98 Å². The summed E-state index contributed by atoms with van der Waals surface area (Å²) in [4.78, 5) is 11.7. The van der Waals surface area contributed by atoms with E-state index < -0.39 is 21.9 Å². The van der Waals surface area contributed by atoms with Gasteiger partial charge in [-0.2, -0.15) is 0 Å². The predicted octanol–water partition coefficient (Wildman–Crippen LogP) is 1.59. The Morgan fingerprint density at radius 3 is 2.43 bits per heavy atom. The first-order valence-electron chi connectivity index (χ1n) is 8.28. The third kappa shape index (κ3) is 4.14. The van der Waals surface area contributed by atoms with Gasteiger partial charge in [-0.25, -0.2) is 27.5 Å². The Bertz CT molecular complexity index is 1090. The van der Waals surface area contributed by atoms with Gasteiger partial charge in [-0.05, 0) is 19.1 Å². The summed E-state index contributed by atoms with van der Waals surface area (Å²) in [7, 11) is -3.92. The molecule has 0 bridgehead atoms.